The summed E-state index contributed by atoms with van der Waals surface area (Å²) in [7, 11) is 5.36. The summed E-state index contributed by atoms with van der Waals surface area (Å²) in [5.74, 6) is 4.00. The van der Waals surface area contributed by atoms with Crippen LogP contribution in [-0.4, -0.2) is 44.2 Å². The minimum absolute atomic E-state index is 0.0201. The van der Waals surface area contributed by atoms with Crippen LogP contribution in [0.1, 0.15) is 38.5 Å². The van der Waals surface area contributed by atoms with Crippen LogP contribution in [-0.2, 0) is 4.79 Å². The average Bonchev–Trinajstić information content (AvgIpc) is 2.60. The van der Waals surface area contributed by atoms with Crippen molar-refractivity contribution >= 4 is 11.6 Å². The topological polar surface area (TPSA) is 50.8 Å². The molecule has 1 N–H and O–H groups in total. The molecular weight excluding hydrogens is 328 g/mol. The van der Waals surface area contributed by atoms with Crippen molar-refractivity contribution in [2.24, 2.45) is 17.8 Å². The molecule has 4 fully saturated rings. The number of carbonyl (C=O) groups excluding carboxylic acids is 1. The zero-order chi connectivity index (χ0) is 18.3. The highest BCUT2D eigenvalue weighted by molar-refractivity contribution is 5.93. The number of hydrogen-bond donors (Lipinski definition) is 1. The van der Waals surface area contributed by atoms with E-state index in [1.807, 2.05) is 12.1 Å². The number of methoxy groups -OCH3 is 2. The number of ether oxygens (including phenoxy) is 2. The van der Waals surface area contributed by atoms with Crippen LogP contribution in [0.3, 0.4) is 0 Å². The number of rotatable bonds is 6. The molecule has 1 aromatic rings. The largest absolute Gasteiger partial charge is 0.497 e. The average molecular weight is 358 g/mol. The Morgan fingerprint density at radius 2 is 1.73 bits per heavy atom. The normalized spacial score (nSPS) is 31.9. The zero-order valence-electron chi connectivity index (χ0n) is 16.1. The molecule has 5 rings (SSSR count). The third-order valence-electron chi connectivity index (χ3n) is 6.88. The van der Waals surface area contributed by atoms with Gasteiger partial charge in [-0.3, -0.25) is 9.69 Å². The van der Waals surface area contributed by atoms with E-state index in [0.717, 1.165) is 17.8 Å². The van der Waals surface area contributed by atoms with Gasteiger partial charge in [0, 0.05) is 11.6 Å². The number of nitrogens with one attached hydrogen (secondary N) is 1. The molecule has 5 heteroatoms. The third-order valence-corrected chi connectivity index (χ3v) is 6.88. The Morgan fingerprint density at radius 1 is 1.12 bits per heavy atom. The van der Waals surface area contributed by atoms with E-state index < -0.39 is 0 Å². The van der Waals surface area contributed by atoms with Crippen molar-refractivity contribution in [3.63, 3.8) is 0 Å². The predicted octanol–water partition coefficient (Wildman–Crippen LogP) is 3.54. The number of hydrogen-bond acceptors (Lipinski definition) is 4. The van der Waals surface area contributed by atoms with Crippen LogP contribution in [0.2, 0.25) is 0 Å². The molecule has 4 aliphatic rings. The molecule has 4 saturated carbocycles. The number of nitrogens with zero attached hydrogens (tertiary/aromatic N) is 1. The minimum atomic E-state index is 0.0201. The van der Waals surface area contributed by atoms with E-state index >= 15 is 0 Å². The van der Waals surface area contributed by atoms with Gasteiger partial charge in [-0.25, -0.2) is 0 Å². The summed E-state index contributed by atoms with van der Waals surface area (Å²) in [4.78, 5) is 15.0. The summed E-state index contributed by atoms with van der Waals surface area (Å²) in [5.41, 5.74) is 0.938. The standard InChI is InChI=1S/C21H30N2O3/c1-23(21-10-14-6-15(11-21)8-16(7-14)12-21)13-20(24)22-18-5-4-17(25-2)9-19(18)26-3/h4-5,9,14-16H,6-8,10-13H2,1-3H3,(H,22,24). The van der Waals surface area contributed by atoms with Crippen molar-refractivity contribution in [1.82, 2.24) is 4.90 Å². The van der Waals surface area contributed by atoms with Crippen LogP contribution in [0.25, 0.3) is 0 Å². The highest BCUT2D eigenvalue weighted by Crippen LogP contribution is 2.57. The maximum Gasteiger partial charge on any atom is 0.238 e. The van der Waals surface area contributed by atoms with Gasteiger partial charge in [-0.15, -0.1) is 0 Å². The Hall–Kier alpha value is -1.75. The smallest absolute Gasteiger partial charge is 0.238 e. The van der Waals surface area contributed by atoms with E-state index in [1.165, 1.54) is 38.5 Å². The molecule has 0 unspecified atom stereocenters. The first-order valence-corrected chi connectivity index (χ1v) is 9.74. The van der Waals surface area contributed by atoms with Crippen molar-refractivity contribution in [2.75, 3.05) is 33.1 Å². The second kappa shape index (κ2) is 6.76. The SMILES string of the molecule is COc1ccc(NC(=O)CN(C)C23CC4CC(CC(C4)C2)C3)c(OC)c1. The van der Waals surface area contributed by atoms with Crippen LogP contribution < -0.4 is 14.8 Å². The fourth-order valence-electron chi connectivity index (χ4n) is 6.01. The molecule has 0 aliphatic heterocycles. The van der Waals surface area contributed by atoms with Crippen LogP contribution >= 0.6 is 0 Å². The first-order valence-electron chi connectivity index (χ1n) is 9.74. The summed E-state index contributed by atoms with van der Waals surface area (Å²) in [5, 5.41) is 3.01. The van der Waals surface area contributed by atoms with E-state index in [9.17, 15) is 4.79 Å². The molecule has 1 aromatic carbocycles. The molecule has 4 aliphatic carbocycles. The van der Waals surface area contributed by atoms with Gasteiger partial charge in [0.05, 0.1) is 26.5 Å². The van der Waals surface area contributed by atoms with Crippen molar-refractivity contribution in [3.05, 3.63) is 18.2 Å². The molecule has 5 nitrogen and oxygen atoms in total. The minimum Gasteiger partial charge on any atom is -0.497 e. The van der Waals surface area contributed by atoms with Crippen LogP contribution in [0.5, 0.6) is 11.5 Å². The highest BCUT2D eigenvalue weighted by Gasteiger charge is 2.52. The summed E-state index contributed by atoms with van der Waals surface area (Å²) >= 11 is 0. The first kappa shape index (κ1) is 17.7. The van der Waals surface area contributed by atoms with Gasteiger partial charge in [-0.2, -0.15) is 0 Å². The van der Waals surface area contributed by atoms with Crippen molar-refractivity contribution in [2.45, 2.75) is 44.1 Å². The monoisotopic (exact) mass is 358 g/mol. The number of carbonyl (C=O) groups is 1. The highest BCUT2D eigenvalue weighted by atomic mass is 16.5. The first-order chi connectivity index (χ1) is 12.5. The van der Waals surface area contributed by atoms with E-state index in [0.29, 0.717) is 23.7 Å². The van der Waals surface area contributed by atoms with Gasteiger partial charge in [0.25, 0.3) is 0 Å². The third kappa shape index (κ3) is 3.18. The zero-order valence-corrected chi connectivity index (χ0v) is 16.1. The summed E-state index contributed by atoms with van der Waals surface area (Å²) < 4.78 is 10.6. The molecule has 26 heavy (non-hydrogen) atoms. The number of likely N-dealkylation sites (N-methyl/N-ethyl adjacent to an activating group) is 1. The summed E-state index contributed by atoms with van der Waals surface area (Å²) in [6, 6.07) is 5.46. The van der Waals surface area contributed by atoms with E-state index in [2.05, 4.69) is 17.3 Å². The van der Waals surface area contributed by atoms with E-state index in [-0.39, 0.29) is 11.4 Å². The summed E-state index contributed by atoms with van der Waals surface area (Å²) in [6.07, 6.45) is 8.07. The maximum atomic E-state index is 12.7. The molecule has 0 aromatic heterocycles. The van der Waals surface area contributed by atoms with Gasteiger partial charge >= 0.3 is 0 Å². The Bertz CT molecular complexity index is 653. The Morgan fingerprint density at radius 3 is 2.27 bits per heavy atom. The summed E-state index contributed by atoms with van der Waals surface area (Å²) in [6.45, 7) is 0.432. The van der Waals surface area contributed by atoms with Gasteiger partial charge in [-0.1, -0.05) is 0 Å². The molecular formula is C21H30N2O3. The molecule has 4 bridgehead atoms. The van der Waals surface area contributed by atoms with Gasteiger partial charge in [-0.05, 0) is 75.5 Å². The fraction of sp³-hybridized carbons (Fsp3) is 0.667. The van der Waals surface area contributed by atoms with E-state index in [4.69, 9.17) is 9.47 Å². The number of benzene rings is 1. The Balaban J connectivity index is 1.42. The lowest BCUT2D eigenvalue weighted by atomic mass is 9.52. The Kier molecular flexibility index (Phi) is 4.59. The molecule has 0 spiro atoms. The maximum absolute atomic E-state index is 12.7. The van der Waals surface area contributed by atoms with Crippen LogP contribution in [0, 0.1) is 17.8 Å². The number of amides is 1. The van der Waals surface area contributed by atoms with Gasteiger partial charge in [0.15, 0.2) is 0 Å². The molecule has 0 heterocycles. The molecule has 142 valence electrons. The Labute approximate surface area is 156 Å². The van der Waals surface area contributed by atoms with Crippen molar-refractivity contribution in [1.29, 1.82) is 0 Å². The van der Waals surface area contributed by atoms with Gasteiger partial charge in [0.2, 0.25) is 5.91 Å². The molecule has 0 radical (unpaired) electrons. The lowest BCUT2D eigenvalue weighted by molar-refractivity contribution is -0.123. The quantitative estimate of drug-likeness (QED) is 0.845. The van der Waals surface area contributed by atoms with Crippen LogP contribution in [0.15, 0.2) is 18.2 Å². The number of anilines is 1. The van der Waals surface area contributed by atoms with Crippen molar-refractivity contribution in [3.8, 4) is 11.5 Å². The molecule has 1 amide bonds. The predicted molar refractivity (Wildman–Crippen MR) is 102 cm³/mol. The van der Waals surface area contributed by atoms with Crippen molar-refractivity contribution < 1.29 is 14.3 Å². The van der Waals surface area contributed by atoms with Crippen LogP contribution in [0.4, 0.5) is 5.69 Å². The lowest BCUT2D eigenvalue weighted by Crippen LogP contribution is -2.59. The van der Waals surface area contributed by atoms with Gasteiger partial charge in [0.1, 0.15) is 11.5 Å². The fourth-order valence-corrected chi connectivity index (χ4v) is 6.01. The second-order valence-corrected chi connectivity index (χ2v) is 8.61. The van der Waals surface area contributed by atoms with E-state index in [1.54, 1.807) is 20.3 Å². The second-order valence-electron chi connectivity index (χ2n) is 8.61. The lowest BCUT2D eigenvalue weighted by Gasteiger charge is -2.59. The van der Waals surface area contributed by atoms with Gasteiger partial charge < -0.3 is 14.8 Å². The molecule has 0 saturated heterocycles. The molecule has 0 atom stereocenters.